The number of nitrogens with two attached hydrogens (primary N) is 1. The molecule has 3 aromatic rings. The molecule has 6 heteroatoms. The summed E-state index contributed by atoms with van der Waals surface area (Å²) < 4.78 is 8.93. The Morgan fingerprint density at radius 2 is 1.88 bits per heavy atom. The average molecular weight is 462 g/mol. The van der Waals surface area contributed by atoms with Gasteiger partial charge in [0.15, 0.2) is 5.75 Å². The largest absolute Gasteiger partial charge is 0.439 e. The minimum atomic E-state index is -0.212. The van der Waals surface area contributed by atoms with E-state index in [4.69, 9.17) is 10.5 Å². The van der Waals surface area contributed by atoms with E-state index in [1.54, 1.807) is 11.3 Å². The van der Waals surface area contributed by atoms with Crippen LogP contribution in [0.2, 0.25) is 0 Å². The number of benzene rings is 2. The molecule has 4 rings (SSSR count). The van der Waals surface area contributed by atoms with Crippen LogP contribution in [0.4, 0.5) is 0 Å². The minimum absolute atomic E-state index is 0.178. The first-order chi connectivity index (χ1) is 11.6. The van der Waals surface area contributed by atoms with Crippen molar-refractivity contribution in [3.05, 3.63) is 73.3 Å². The first-order valence-corrected chi connectivity index (χ1v) is 9.54. The van der Waals surface area contributed by atoms with E-state index in [1.807, 2.05) is 42.5 Å². The topological polar surface area (TPSA) is 59.0 Å². The SMILES string of the molecule is N#CC1=C(N)Oc2c(sc3c(Br)cccc23)C1c1ccc(Br)cc1. The van der Waals surface area contributed by atoms with Crippen LogP contribution in [-0.2, 0) is 0 Å². The molecule has 0 saturated carbocycles. The van der Waals surface area contributed by atoms with Crippen LogP contribution in [0.1, 0.15) is 16.4 Å². The van der Waals surface area contributed by atoms with Gasteiger partial charge in [-0.25, -0.2) is 0 Å². The highest BCUT2D eigenvalue weighted by Gasteiger charge is 2.34. The fraction of sp³-hybridized carbons (Fsp3) is 0.0556. The molecule has 1 atom stereocenters. The second-order valence-electron chi connectivity index (χ2n) is 5.39. The zero-order chi connectivity index (χ0) is 16.8. The van der Waals surface area contributed by atoms with E-state index in [0.717, 1.165) is 35.2 Å². The molecule has 2 N–H and O–H groups in total. The second-order valence-corrected chi connectivity index (χ2v) is 8.21. The van der Waals surface area contributed by atoms with Crippen LogP contribution in [0.3, 0.4) is 0 Å². The van der Waals surface area contributed by atoms with Crippen LogP contribution in [-0.4, -0.2) is 0 Å². The molecule has 1 aromatic heterocycles. The number of ether oxygens (including phenoxy) is 1. The second kappa shape index (κ2) is 5.92. The van der Waals surface area contributed by atoms with E-state index < -0.39 is 0 Å². The van der Waals surface area contributed by atoms with Crippen molar-refractivity contribution in [2.45, 2.75) is 5.92 Å². The molecule has 0 amide bonds. The fourth-order valence-electron chi connectivity index (χ4n) is 2.91. The lowest BCUT2D eigenvalue weighted by atomic mass is 9.88. The van der Waals surface area contributed by atoms with Crippen molar-refractivity contribution >= 4 is 53.3 Å². The van der Waals surface area contributed by atoms with Gasteiger partial charge >= 0.3 is 0 Å². The molecule has 2 heterocycles. The predicted octanol–water partition coefficient (Wildman–Crippen LogP) is 5.64. The Kier molecular flexibility index (Phi) is 3.87. The average Bonchev–Trinajstić information content (AvgIpc) is 2.94. The maximum atomic E-state index is 9.62. The molecule has 1 aliphatic rings. The Morgan fingerprint density at radius 1 is 1.12 bits per heavy atom. The van der Waals surface area contributed by atoms with Crippen LogP contribution in [0.25, 0.3) is 10.1 Å². The van der Waals surface area contributed by atoms with Gasteiger partial charge in [0.25, 0.3) is 0 Å². The molecule has 1 aliphatic heterocycles. The molecule has 0 spiro atoms. The van der Waals surface area contributed by atoms with Crippen molar-refractivity contribution in [1.82, 2.24) is 0 Å². The van der Waals surface area contributed by atoms with E-state index >= 15 is 0 Å². The van der Waals surface area contributed by atoms with Gasteiger partial charge in [-0.3, -0.25) is 0 Å². The number of allylic oxidation sites excluding steroid dienone is 1. The zero-order valence-electron chi connectivity index (χ0n) is 12.2. The number of hydrogen-bond donors (Lipinski definition) is 1. The Bertz CT molecular complexity index is 1030. The van der Waals surface area contributed by atoms with E-state index in [9.17, 15) is 5.26 Å². The Labute approximate surface area is 159 Å². The van der Waals surface area contributed by atoms with Gasteiger partial charge in [-0.1, -0.05) is 34.1 Å². The van der Waals surface area contributed by atoms with Gasteiger partial charge in [0.2, 0.25) is 5.88 Å². The molecule has 3 nitrogen and oxygen atoms in total. The van der Waals surface area contributed by atoms with E-state index in [1.165, 1.54) is 0 Å². The third-order valence-corrected chi connectivity index (χ3v) is 6.74. The summed E-state index contributed by atoms with van der Waals surface area (Å²) in [5.41, 5.74) is 7.54. The normalized spacial score (nSPS) is 16.6. The lowest BCUT2D eigenvalue weighted by Crippen LogP contribution is -2.19. The van der Waals surface area contributed by atoms with Crippen LogP contribution in [0.5, 0.6) is 5.75 Å². The summed E-state index contributed by atoms with van der Waals surface area (Å²) in [4.78, 5) is 1.00. The smallest absolute Gasteiger partial charge is 0.205 e. The maximum Gasteiger partial charge on any atom is 0.205 e. The van der Waals surface area contributed by atoms with Crippen LogP contribution in [0.15, 0.2) is 62.9 Å². The molecule has 0 radical (unpaired) electrons. The zero-order valence-corrected chi connectivity index (χ0v) is 16.2. The minimum Gasteiger partial charge on any atom is -0.439 e. The van der Waals surface area contributed by atoms with Gasteiger partial charge in [0.05, 0.1) is 15.5 Å². The molecule has 0 saturated heterocycles. The van der Waals surface area contributed by atoms with Gasteiger partial charge in [0, 0.05) is 14.3 Å². The number of nitriles is 1. The molecule has 2 aromatic carbocycles. The highest BCUT2D eigenvalue weighted by Crippen LogP contribution is 2.51. The number of thiophene rings is 1. The third-order valence-electron chi connectivity index (χ3n) is 4.00. The van der Waals surface area contributed by atoms with E-state index in [0.29, 0.717) is 5.57 Å². The van der Waals surface area contributed by atoms with Gasteiger partial charge in [-0.2, -0.15) is 5.26 Å². The first-order valence-electron chi connectivity index (χ1n) is 7.14. The number of nitrogens with zero attached hydrogens (tertiary/aromatic N) is 1. The summed E-state index contributed by atoms with van der Waals surface area (Å²) in [6.07, 6.45) is 0. The Morgan fingerprint density at radius 3 is 2.58 bits per heavy atom. The van der Waals surface area contributed by atoms with Gasteiger partial charge in [-0.15, -0.1) is 11.3 Å². The third kappa shape index (κ3) is 2.35. The van der Waals surface area contributed by atoms with Crippen molar-refractivity contribution in [1.29, 1.82) is 5.26 Å². The lowest BCUT2D eigenvalue weighted by molar-refractivity contribution is 0.401. The number of rotatable bonds is 1. The highest BCUT2D eigenvalue weighted by molar-refractivity contribution is 9.11. The van der Waals surface area contributed by atoms with Crippen molar-refractivity contribution in [3.8, 4) is 11.8 Å². The number of hydrogen-bond acceptors (Lipinski definition) is 4. The Balaban J connectivity index is 2.01. The van der Waals surface area contributed by atoms with Crippen molar-refractivity contribution in [3.63, 3.8) is 0 Å². The molecular formula is C18H10Br2N2OS. The summed E-state index contributed by atoms with van der Waals surface area (Å²) >= 11 is 8.68. The fourth-order valence-corrected chi connectivity index (χ4v) is 5.05. The summed E-state index contributed by atoms with van der Waals surface area (Å²) in [5.74, 6) is 0.717. The maximum absolute atomic E-state index is 9.62. The molecule has 1 unspecified atom stereocenters. The Hall–Kier alpha value is -1.81. The van der Waals surface area contributed by atoms with Gasteiger partial charge in [0.1, 0.15) is 11.6 Å². The summed E-state index contributed by atoms with van der Waals surface area (Å²) in [6, 6.07) is 16.2. The van der Waals surface area contributed by atoms with E-state index in [2.05, 4.69) is 37.9 Å². The summed E-state index contributed by atoms with van der Waals surface area (Å²) in [5, 5.41) is 10.6. The quantitative estimate of drug-likeness (QED) is 0.509. The number of halogens is 2. The molecule has 24 heavy (non-hydrogen) atoms. The monoisotopic (exact) mass is 460 g/mol. The van der Waals surface area contributed by atoms with Gasteiger partial charge < -0.3 is 10.5 Å². The van der Waals surface area contributed by atoms with Crippen LogP contribution in [0, 0.1) is 11.3 Å². The van der Waals surface area contributed by atoms with Crippen LogP contribution >= 0.6 is 43.2 Å². The lowest BCUT2D eigenvalue weighted by Gasteiger charge is -2.23. The first kappa shape index (κ1) is 15.7. The summed E-state index contributed by atoms with van der Waals surface area (Å²) in [6.45, 7) is 0. The molecule has 118 valence electrons. The highest BCUT2D eigenvalue weighted by atomic mass is 79.9. The predicted molar refractivity (Wildman–Crippen MR) is 103 cm³/mol. The standard InChI is InChI=1S/C18H10Br2N2OS/c19-10-6-4-9(5-7-10)14-12(8-21)18(22)23-15-11-2-1-3-13(20)16(11)24-17(14)15/h1-7,14H,22H2. The van der Waals surface area contributed by atoms with Crippen LogP contribution < -0.4 is 10.5 Å². The number of fused-ring (bicyclic) bond motifs is 3. The molecule has 0 bridgehead atoms. The molecule has 0 aliphatic carbocycles. The molecule has 0 fully saturated rings. The van der Waals surface area contributed by atoms with Crippen molar-refractivity contribution in [2.75, 3.05) is 0 Å². The van der Waals surface area contributed by atoms with Gasteiger partial charge in [-0.05, 0) is 45.8 Å². The summed E-state index contributed by atoms with van der Waals surface area (Å²) in [7, 11) is 0. The van der Waals surface area contributed by atoms with Crippen molar-refractivity contribution in [2.24, 2.45) is 5.73 Å². The molecular weight excluding hydrogens is 452 g/mol. The van der Waals surface area contributed by atoms with E-state index in [-0.39, 0.29) is 11.8 Å². The van der Waals surface area contributed by atoms with Crippen molar-refractivity contribution < 1.29 is 4.74 Å².